The number of amides is 2. The third kappa shape index (κ3) is 4.06. The average Bonchev–Trinajstić information content (AvgIpc) is 2.51. The highest BCUT2D eigenvalue weighted by atomic mass is 19.1. The van der Waals surface area contributed by atoms with Crippen LogP contribution in [0, 0.1) is 5.82 Å². The molecule has 0 aromatic heterocycles. The minimum Gasteiger partial charge on any atom is -0.352 e. The van der Waals surface area contributed by atoms with Gasteiger partial charge in [-0.15, -0.1) is 0 Å². The van der Waals surface area contributed by atoms with E-state index in [9.17, 15) is 14.0 Å². The molecule has 4 nitrogen and oxygen atoms in total. The Hall–Kier alpha value is -1.91. The second-order valence-corrected chi connectivity index (χ2v) is 5.87. The van der Waals surface area contributed by atoms with Crippen molar-refractivity contribution in [3.05, 3.63) is 35.6 Å². The van der Waals surface area contributed by atoms with Gasteiger partial charge in [-0.1, -0.05) is 19.1 Å². The lowest BCUT2D eigenvalue weighted by atomic mass is 9.99. The molecule has 1 aliphatic heterocycles. The molecule has 0 aliphatic carbocycles. The van der Waals surface area contributed by atoms with E-state index in [1.54, 1.807) is 17.0 Å². The minimum atomic E-state index is -0.430. The fourth-order valence-corrected chi connectivity index (χ4v) is 2.62. The second-order valence-electron chi connectivity index (χ2n) is 5.87. The van der Waals surface area contributed by atoms with Crippen LogP contribution < -0.4 is 5.32 Å². The van der Waals surface area contributed by atoms with Gasteiger partial charge in [-0.3, -0.25) is 9.59 Å². The molecule has 1 aliphatic rings. The van der Waals surface area contributed by atoms with Gasteiger partial charge in [-0.05, 0) is 43.9 Å². The zero-order chi connectivity index (χ0) is 16.1. The van der Waals surface area contributed by atoms with Crippen molar-refractivity contribution in [1.29, 1.82) is 0 Å². The first kappa shape index (κ1) is 16.5. The number of hydrogen-bond acceptors (Lipinski definition) is 2. The van der Waals surface area contributed by atoms with Gasteiger partial charge in [0.15, 0.2) is 0 Å². The van der Waals surface area contributed by atoms with E-state index in [1.807, 2.05) is 13.8 Å². The van der Waals surface area contributed by atoms with Gasteiger partial charge in [0.05, 0.1) is 0 Å². The van der Waals surface area contributed by atoms with Crippen LogP contribution in [0.2, 0.25) is 0 Å². The van der Waals surface area contributed by atoms with E-state index in [-0.39, 0.29) is 23.7 Å². The molecule has 120 valence electrons. The lowest BCUT2D eigenvalue weighted by molar-refractivity contribution is -0.144. The maximum atomic E-state index is 13.0. The molecule has 0 saturated carbocycles. The third-order valence-electron chi connectivity index (χ3n) is 4.13. The number of piperidine rings is 1. The summed E-state index contributed by atoms with van der Waals surface area (Å²) in [5.74, 6) is -0.413. The molecular formula is C17H23FN2O2. The van der Waals surface area contributed by atoms with E-state index in [4.69, 9.17) is 0 Å². The molecule has 2 atom stereocenters. The summed E-state index contributed by atoms with van der Waals surface area (Å²) in [4.78, 5) is 26.2. The van der Waals surface area contributed by atoms with Gasteiger partial charge in [0, 0.05) is 19.0 Å². The maximum absolute atomic E-state index is 13.0. The maximum Gasteiger partial charge on any atom is 0.243 e. The number of likely N-dealkylation sites (tertiary alicyclic amines) is 1. The van der Waals surface area contributed by atoms with E-state index >= 15 is 0 Å². The molecule has 1 aromatic rings. The fraction of sp³-hybridized carbons (Fsp3) is 0.529. The zero-order valence-corrected chi connectivity index (χ0v) is 13.1. The zero-order valence-electron chi connectivity index (χ0n) is 13.1. The molecule has 2 rings (SSSR count). The van der Waals surface area contributed by atoms with E-state index in [0.29, 0.717) is 19.4 Å². The molecule has 5 heteroatoms. The highest BCUT2D eigenvalue weighted by molar-refractivity contribution is 5.88. The van der Waals surface area contributed by atoms with Crippen LogP contribution >= 0.6 is 0 Å². The summed E-state index contributed by atoms with van der Waals surface area (Å²) in [6, 6.07) is 5.72. The van der Waals surface area contributed by atoms with Crippen LogP contribution in [0.3, 0.4) is 0 Å². The van der Waals surface area contributed by atoms with Gasteiger partial charge in [-0.25, -0.2) is 4.39 Å². The number of halogens is 1. The van der Waals surface area contributed by atoms with Crippen LogP contribution in [-0.4, -0.2) is 28.8 Å². The van der Waals surface area contributed by atoms with Crippen LogP contribution in [0.4, 0.5) is 4.39 Å². The molecular weight excluding hydrogens is 283 g/mol. The number of hydrogen-bond donors (Lipinski definition) is 1. The molecule has 2 unspecified atom stereocenters. The highest BCUT2D eigenvalue weighted by Gasteiger charge is 2.33. The summed E-state index contributed by atoms with van der Waals surface area (Å²) in [6.45, 7) is 4.30. The number of rotatable bonds is 5. The van der Waals surface area contributed by atoms with Gasteiger partial charge >= 0.3 is 0 Å². The average molecular weight is 306 g/mol. The van der Waals surface area contributed by atoms with Crippen molar-refractivity contribution >= 4 is 11.8 Å². The highest BCUT2D eigenvalue weighted by Crippen LogP contribution is 2.21. The summed E-state index contributed by atoms with van der Waals surface area (Å²) < 4.78 is 13.0. The normalized spacial score (nSPS) is 19.9. The van der Waals surface area contributed by atoms with E-state index in [0.717, 1.165) is 18.4 Å². The molecule has 0 spiro atoms. The summed E-state index contributed by atoms with van der Waals surface area (Å²) in [5, 5.41) is 2.95. The number of carbonyl (C=O) groups excluding carboxylic acids is 2. The quantitative estimate of drug-likeness (QED) is 0.909. The van der Waals surface area contributed by atoms with Gasteiger partial charge in [0.1, 0.15) is 11.9 Å². The minimum absolute atomic E-state index is 0.0140. The molecule has 1 saturated heterocycles. The third-order valence-corrected chi connectivity index (χ3v) is 4.13. The van der Waals surface area contributed by atoms with E-state index in [1.165, 1.54) is 12.1 Å². The Morgan fingerprint density at radius 1 is 1.41 bits per heavy atom. The Bertz CT molecular complexity index is 530. The van der Waals surface area contributed by atoms with Gasteiger partial charge in [-0.2, -0.15) is 0 Å². The SMILES string of the molecule is CCC(C)NC(=O)C1CCCC(=O)N1Cc1ccc(F)cc1. The first-order valence-corrected chi connectivity index (χ1v) is 7.85. The Labute approximate surface area is 130 Å². The van der Waals surface area contributed by atoms with Crippen molar-refractivity contribution in [3.63, 3.8) is 0 Å². The molecule has 1 aromatic carbocycles. The van der Waals surface area contributed by atoms with Crippen molar-refractivity contribution in [2.45, 2.75) is 58.2 Å². The standard InChI is InChI=1S/C17H23FN2O2/c1-3-12(2)19-17(22)15-5-4-6-16(21)20(15)11-13-7-9-14(18)10-8-13/h7-10,12,15H,3-6,11H2,1-2H3,(H,19,22). The number of carbonyl (C=O) groups is 2. The number of benzene rings is 1. The van der Waals surface area contributed by atoms with Crippen LogP contribution in [0.25, 0.3) is 0 Å². The molecule has 0 radical (unpaired) electrons. The Kier molecular flexibility index (Phi) is 5.52. The molecule has 22 heavy (non-hydrogen) atoms. The van der Waals surface area contributed by atoms with Gasteiger partial charge in [0.25, 0.3) is 0 Å². The van der Waals surface area contributed by atoms with Crippen LogP contribution in [-0.2, 0) is 16.1 Å². The lowest BCUT2D eigenvalue weighted by Crippen LogP contribution is -2.52. The van der Waals surface area contributed by atoms with Crippen molar-refractivity contribution in [1.82, 2.24) is 10.2 Å². The summed E-state index contributed by atoms with van der Waals surface area (Å²) in [5.41, 5.74) is 0.831. The first-order chi connectivity index (χ1) is 10.5. The monoisotopic (exact) mass is 306 g/mol. The van der Waals surface area contributed by atoms with E-state index in [2.05, 4.69) is 5.32 Å². The number of nitrogens with one attached hydrogen (secondary N) is 1. The molecule has 1 N–H and O–H groups in total. The van der Waals surface area contributed by atoms with Gasteiger partial charge < -0.3 is 10.2 Å². The predicted molar refractivity (Wildman–Crippen MR) is 82.5 cm³/mol. The summed E-state index contributed by atoms with van der Waals surface area (Å²) >= 11 is 0. The van der Waals surface area contributed by atoms with Crippen molar-refractivity contribution in [2.24, 2.45) is 0 Å². The Balaban J connectivity index is 2.11. The molecule has 2 amide bonds. The Morgan fingerprint density at radius 2 is 2.09 bits per heavy atom. The molecule has 1 heterocycles. The summed E-state index contributed by atoms with van der Waals surface area (Å²) in [6.07, 6.45) is 2.73. The van der Waals surface area contributed by atoms with Gasteiger partial charge in [0.2, 0.25) is 11.8 Å². The van der Waals surface area contributed by atoms with Crippen LogP contribution in [0.15, 0.2) is 24.3 Å². The first-order valence-electron chi connectivity index (χ1n) is 7.85. The van der Waals surface area contributed by atoms with Crippen molar-refractivity contribution in [2.75, 3.05) is 0 Å². The second kappa shape index (κ2) is 7.38. The lowest BCUT2D eigenvalue weighted by Gasteiger charge is -2.35. The summed E-state index contributed by atoms with van der Waals surface area (Å²) in [7, 11) is 0. The van der Waals surface area contributed by atoms with Crippen LogP contribution in [0.1, 0.15) is 45.1 Å². The van der Waals surface area contributed by atoms with Crippen LogP contribution in [0.5, 0.6) is 0 Å². The molecule has 0 bridgehead atoms. The Morgan fingerprint density at radius 3 is 2.73 bits per heavy atom. The topological polar surface area (TPSA) is 49.4 Å². The molecule has 1 fully saturated rings. The van der Waals surface area contributed by atoms with Crippen molar-refractivity contribution in [3.8, 4) is 0 Å². The smallest absolute Gasteiger partial charge is 0.243 e. The largest absolute Gasteiger partial charge is 0.352 e. The van der Waals surface area contributed by atoms with Crippen molar-refractivity contribution < 1.29 is 14.0 Å². The predicted octanol–water partition coefficient (Wildman–Crippen LogP) is 2.62. The van der Waals surface area contributed by atoms with E-state index < -0.39 is 6.04 Å². The fourth-order valence-electron chi connectivity index (χ4n) is 2.62. The number of nitrogens with zero attached hydrogens (tertiary/aromatic N) is 1.